The van der Waals surface area contributed by atoms with E-state index in [1.54, 1.807) is 32.2 Å². The van der Waals surface area contributed by atoms with Crippen LogP contribution in [0.3, 0.4) is 0 Å². The number of carboxylic acid groups (broad SMARTS) is 1. The molecule has 0 fully saturated rings. The zero-order valence-electron chi connectivity index (χ0n) is 11.4. The fourth-order valence-electron chi connectivity index (χ4n) is 2.04. The summed E-state index contributed by atoms with van der Waals surface area (Å²) in [7, 11) is 5.11. The van der Waals surface area contributed by atoms with E-state index in [1.807, 2.05) is 19.1 Å². The van der Waals surface area contributed by atoms with Gasteiger partial charge in [0, 0.05) is 19.5 Å². The molecule has 0 spiro atoms. The molecular weight excluding hydrogens is 244 g/mol. The number of hydrogen-bond donors (Lipinski definition) is 1. The number of aromatic nitrogens is 1. The maximum absolute atomic E-state index is 11.3. The average molecular weight is 260 g/mol. The standard InChI is InChI=1S/C14H16N2O3/c1-8-5-9-7-10(14(17)18)13(16(2)3)15-12(9)11(6-8)19-4/h5-7H,1-4H3,(H,17,18). The minimum Gasteiger partial charge on any atom is -0.494 e. The average Bonchev–Trinajstić information content (AvgIpc) is 2.35. The second kappa shape index (κ2) is 4.76. The number of aromatic carboxylic acids is 1. The number of hydrogen-bond acceptors (Lipinski definition) is 4. The Labute approximate surface area is 111 Å². The number of methoxy groups -OCH3 is 1. The summed E-state index contributed by atoms with van der Waals surface area (Å²) in [5.74, 6) is 0.0794. The molecule has 0 aliphatic heterocycles. The quantitative estimate of drug-likeness (QED) is 0.917. The van der Waals surface area contributed by atoms with E-state index in [2.05, 4.69) is 4.98 Å². The molecule has 5 heteroatoms. The van der Waals surface area contributed by atoms with Crippen LogP contribution in [0.5, 0.6) is 5.75 Å². The molecule has 1 aromatic heterocycles. The molecule has 0 saturated carbocycles. The molecule has 1 aromatic carbocycles. The third kappa shape index (κ3) is 2.31. The first kappa shape index (κ1) is 13.1. The lowest BCUT2D eigenvalue weighted by Gasteiger charge is -2.16. The fraction of sp³-hybridized carbons (Fsp3) is 0.286. The topological polar surface area (TPSA) is 62.7 Å². The van der Waals surface area contributed by atoms with E-state index in [9.17, 15) is 9.90 Å². The van der Waals surface area contributed by atoms with Gasteiger partial charge in [0.1, 0.15) is 22.6 Å². The van der Waals surface area contributed by atoms with Crippen LogP contribution in [0.4, 0.5) is 5.82 Å². The van der Waals surface area contributed by atoms with Crippen molar-refractivity contribution in [1.82, 2.24) is 4.98 Å². The molecule has 0 amide bonds. The summed E-state index contributed by atoms with van der Waals surface area (Å²) in [6.45, 7) is 1.93. The zero-order chi connectivity index (χ0) is 14.2. The predicted octanol–water partition coefficient (Wildman–Crippen LogP) is 2.32. The monoisotopic (exact) mass is 260 g/mol. The summed E-state index contributed by atoms with van der Waals surface area (Å²) in [6.07, 6.45) is 0. The molecular formula is C14H16N2O3. The Hall–Kier alpha value is -2.30. The summed E-state index contributed by atoms with van der Waals surface area (Å²) >= 11 is 0. The lowest BCUT2D eigenvalue weighted by Crippen LogP contribution is -2.16. The lowest BCUT2D eigenvalue weighted by molar-refractivity contribution is 0.0697. The molecule has 0 radical (unpaired) electrons. The molecule has 0 aliphatic carbocycles. The number of carbonyl (C=O) groups is 1. The number of benzene rings is 1. The highest BCUT2D eigenvalue weighted by atomic mass is 16.5. The second-order valence-electron chi connectivity index (χ2n) is 4.60. The van der Waals surface area contributed by atoms with Crippen molar-refractivity contribution in [2.45, 2.75) is 6.92 Å². The van der Waals surface area contributed by atoms with Crippen molar-refractivity contribution in [3.63, 3.8) is 0 Å². The van der Waals surface area contributed by atoms with E-state index in [0.717, 1.165) is 10.9 Å². The van der Waals surface area contributed by atoms with Crippen molar-refractivity contribution in [1.29, 1.82) is 0 Å². The number of pyridine rings is 1. The summed E-state index contributed by atoms with van der Waals surface area (Å²) in [5, 5.41) is 10.0. The van der Waals surface area contributed by atoms with Gasteiger partial charge < -0.3 is 14.7 Å². The van der Waals surface area contributed by atoms with Gasteiger partial charge >= 0.3 is 5.97 Å². The van der Waals surface area contributed by atoms with E-state index in [-0.39, 0.29) is 5.56 Å². The van der Waals surface area contributed by atoms with Gasteiger partial charge in [-0.1, -0.05) is 0 Å². The smallest absolute Gasteiger partial charge is 0.339 e. The summed E-state index contributed by atoms with van der Waals surface area (Å²) < 4.78 is 5.31. The molecule has 0 saturated heterocycles. The Bertz CT molecular complexity index is 651. The zero-order valence-corrected chi connectivity index (χ0v) is 11.4. The number of rotatable bonds is 3. The van der Waals surface area contributed by atoms with Gasteiger partial charge in [-0.05, 0) is 30.7 Å². The Balaban J connectivity index is 2.84. The van der Waals surface area contributed by atoms with Crippen molar-refractivity contribution in [2.75, 3.05) is 26.1 Å². The third-order valence-corrected chi connectivity index (χ3v) is 2.88. The van der Waals surface area contributed by atoms with Gasteiger partial charge in [0.25, 0.3) is 0 Å². The van der Waals surface area contributed by atoms with Crippen LogP contribution in [0, 0.1) is 6.92 Å². The Morgan fingerprint density at radius 3 is 2.53 bits per heavy atom. The van der Waals surface area contributed by atoms with E-state index < -0.39 is 5.97 Å². The fourth-order valence-corrected chi connectivity index (χ4v) is 2.04. The predicted molar refractivity (Wildman–Crippen MR) is 74.3 cm³/mol. The van der Waals surface area contributed by atoms with Crippen LogP contribution in [0.2, 0.25) is 0 Å². The summed E-state index contributed by atoms with van der Waals surface area (Å²) in [6, 6.07) is 5.42. The molecule has 100 valence electrons. The highest BCUT2D eigenvalue weighted by Gasteiger charge is 2.17. The van der Waals surface area contributed by atoms with Gasteiger partial charge in [-0.25, -0.2) is 9.78 Å². The van der Waals surface area contributed by atoms with Crippen LogP contribution < -0.4 is 9.64 Å². The molecule has 1 N–H and O–H groups in total. The largest absolute Gasteiger partial charge is 0.494 e. The molecule has 0 bridgehead atoms. The number of aryl methyl sites for hydroxylation is 1. The number of ether oxygens (including phenoxy) is 1. The van der Waals surface area contributed by atoms with Crippen molar-refractivity contribution >= 4 is 22.7 Å². The molecule has 1 heterocycles. The highest BCUT2D eigenvalue weighted by Crippen LogP contribution is 2.30. The number of nitrogens with zero attached hydrogens (tertiary/aromatic N) is 2. The Kier molecular flexibility index (Phi) is 3.29. The summed E-state index contributed by atoms with van der Waals surface area (Å²) in [5.41, 5.74) is 1.85. The second-order valence-corrected chi connectivity index (χ2v) is 4.60. The van der Waals surface area contributed by atoms with Gasteiger partial charge in [-0.15, -0.1) is 0 Å². The molecule has 0 atom stereocenters. The first-order chi connectivity index (χ1) is 8.93. The van der Waals surface area contributed by atoms with Gasteiger partial charge in [-0.2, -0.15) is 0 Å². The van der Waals surface area contributed by atoms with Crippen molar-refractivity contribution < 1.29 is 14.6 Å². The van der Waals surface area contributed by atoms with Gasteiger partial charge in [-0.3, -0.25) is 0 Å². The minimum absolute atomic E-state index is 0.185. The number of fused-ring (bicyclic) bond motifs is 1. The molecule has 0 unspecified atom stereocenters. The third-order valence-electron chi connectivity index (χ3n) is 2.88. The van der Waals surface area contributed by atoms with Gasteiger partial charge in [0.05, 0.1) is 7.11 Å². The maximum Gasteiger partial charge on any atom is 0.339 e. The highest BCUT2D eigenvalue weighted by molar-refractivity contribution is 5.99. The maximum atomic E-state index is 11.3. The molecule has 2 rings (SSSR count). The molecule has 19 heavy (non-hydrogen) atoms. The normalized spacial score (nSPS) is 10.5. The van der Waals surface area contributed by atoms with Gasteiger partial charge in [0.2, 0.25) is 0 Å². The van der Waals surface area contributed by atoms with E-state index >= 15 is 0 Å². The first-order valence-electron chi connectivity index (χ1n) is 5.84. The lowest BCUT2D eigenvalue weighted by atomic mass is 10.1. The first-order valence-corrected chi connectivity index (χ1v) is 5.84. The Morgan fingerprint density at radius 2 is 2.00 bits per heavy atom. The van der Waals surface area contributed by atoms with Crippen LogP contribution in [0.25, 0.3) is 10.9 Å². The minimum atomic E-state index is -0.987. The molecule has 5 nitrogen and oxygen atoms in total. The van der Waals surface area contributed by atoms with E-state index in [1.165, 1.54) is 0 Å². The van der Waals surface area contributed by atoms with Crippen LogP contribution in [0.1, 0.15) is 15.9 Å². The summed E-state index contributed by atoms with van der Waals surface area (Å²) in [4.78, 5) is 17.4. The van der Waals surface area contributed by atoms with E-state index in [0.29, 0.717) is 17.1 Å². The number of carboxylic acids is 1. The van der Waals surface area contributed by atoms with Crippen molar-refractivity contribution in [3.05, 3.63) is 29.3 Å². The Morgan fingerprint density at radius 1 is 1.32 bits per heavy atom. The van der Waals surface area contributed by atoms with Crippen LogP contribution in [-0.4, -0.2) is 37.3 Å². The van der Waals surface area contributed by atoms with Crippen LogP contribution >= 0.6 is 0 Å². The SMILES string of the molecule is COc1cc(C)cc2cc(C(=O)O)c(N(C)C)nc12. The van der Waals surface area contributed by atoms with Crippen LogP contribution in [-0.2, 0) is 0 Å². The van der Waals surface area contributed by atoms with Gasteiger partial charge in [0.15, 0.2) is 0 Å². The molecule has 2 aromatic rings. The van der Waals surface area contributed by atoms with Crippen molar-refractivity contribution in [3.8, 4) is 5.75 Å². The number of anilines is 1. The van der Waals surface area contributed by atoms with Crippen LogP contribution in [0.15, 0.2) is 18.2 Å². The molecule has 0 aliphatic rings. The van der Waals surface area contributed by atoms with Crippen molar-refractivity contribution in [2.24, 2.45) is 0 Å². The van der Waals surface area contributed by atoms with E-state index in [4.69, 9.17) is 4.74 Å².